The fourth-order valence-electron chi connectivity index (χ4n) is 1.73. The van der Waals surface area contributed by atoms with E-state index in [-0.39, 0.29) is 12.4 Å². The van der Waals surface area contributed by atoms with Crippen LogP contribution in [0.3, 0.4) is 0 Å². The number of carbonyl (C=O) groups is 2. The summed E-state index contributed by atoms with van der Waals surface area (Å²) in [4.78, 5) is 23.8. The fourth-order valence-corrected chi connectivity index (χ4v) is 2.71. The van der Waals surface area contributed by atoms with Crippen molar-refractivity contribution in [3.8, 4) is 0 Å². The molecule has 0 fully saturated rings. The number of nitrogens with one attached hydrogen (secondary N) is 1. The number of thiophene rings is 1. The molecule has 0 saturated carbocycles. The van der Waals surface area contributed by atoms with E-state index in [0.717, 1.165) is 0 Å². The third-order valence-electron chi connectivity index (χ3n) is 2.72. The molecular weight excluding hydrogens is 281 g/mol. The number of halogens is 1. The van der Waals surface area contributed by atoms with Crippen LogP contribution in [0.2, 0.25) is 0 Å². The smallest absolute Gasteiger partial charge is 0.328 e. The van der Waals surface area contributed by atoms with Gasteiger partial charge in [0.25, 0.3) is 5.91 Å². The Bertz CT molecular complexity index is 653. The van der Waals surface area contributed by atoms with E-state index in [9.17, 15) is 14.0 Å². The van der Waals surface area contributed by atoms with Gasteiger partial charge in [-0.05, 0) is 32.0 Å². The lowest BCUT2D eigenvalue weighted by Crippen LogP contribution is -2.39. The van der Waals surface area contributed by atoms with E-state index in [4.69, 9.17) is 4.74 Å². The van der Waals surface area contributed by atoms with E-state index in [1.165, 1.54) is 23.5 Å². The SMILES string of the molecule is CCOC(=O)C(C)NC(=O)c1cc2c(F)cccc2s1. The molecule has 1 aromatic carbocycles. The minimum absolute atomic E-state index is 0.257. The van der Waals surface area contributed by atoms with Gasteiger partial charge in [-0.2, -0.15) is 0 Å². The van der Waals surface area contributed by atoms with Crippen LogP contribution in [-0.4, -0.2) is 24.5 Å². The van der Waals surface area contributed by atoms with Gasteiger partial charge in [-0.25, -0.2) is 9.18 Å². The maximum Gasteiger partial charge on any atom is 0.328 e. The first-order chi connectivity index (χ1) is 9.52. The van der Waals surface area contributed by atoms with Crippen molar-refractivity contribution < 1.29 is 18.7 Å². The lowest BCUT2D eigenvalue weighted by Gasteiger charge is -2.11. The standard InChI is InChI=1S/C14H14FNO3S/c1-3-19-14(18)8(2)16-13(17)12-7-9-10(15)5-4-6-11(9)20-12/h4-8H,3H2,1-2H3,(H,16,17). The molecule has 0 spiro atoms. The molecule has 0 aliphatic carbocycles. The maximum atomic E-state index is 13.6. The number of carbonyl (C=O) groups excluding carboxylic acids is 2. The summed E-state index contributed by atoms with van der Waals surface area (Å²) in [6.45, 7) is 3.50. The van der Waals surface area contributed by atoms with E-state index in [0.29, 0.717) is 15.0 Å². The molecule has 0 aliphatic heterocycles. The average molecular weight is 295 g/mol. The van der Waals surface area contributed by atoms with Gasteiger partial charge in [-0.15, -0.1) is 11.3 Å². The molecule has 0 radical (unpaired) electrons. The lowest BCUT2D eigenvalue weighted by atomic mass is 10.2. The summed E-state index contributed by atoms with van der Waals surface area (Å²) in [6.07, 6.45) is 0. The van der Waals surface area contributed by atoms with E-state index in [2.05, 4.69) is 5.32 Å². The van der Waals surface area contributed by atoms with Gasteiger partial charge in [0.15, 0.2) is 0 Å². The Balaban J connectivity index is 2.15. The summed E-state index contributed by atoms with van der Waals surface area (Å²) in [5.74, 6) is -1.27. The highest BCUT2D eigenvalue weighted by atomic mass is 32.1. The first-order valence-electron chi connectivity index (χ1n) is 6.18. The summed E-state index contributed by atoms with van der Waals surface area (Å²) >= 11 is 1.18. The van der Waals surface area contributed by atoms with E-state index >= 15 is 0 Å². The molecule has 106 valence electrons. The minimum Gasteiger partial charge on any atom is -0.464 e. The monoisotopic (exact) mass is 295 g/mol. The van der Waals surface area contributed by atoms with Gasteiger partial charge in [0.1, 0.15) is 11.9 Å². The summed E-state index contributed by atoms with van der Waals surface area (Å²) in [5.41, 5.74) is 0. The number of fused-ring (bicyclic) bond motifs is 1. The number of esters is 1. The Hall–Kier alpha value is -1.95. The quantitative estimate of drug-likeness (QED) is 0.882. The molecule has 1 heterocycles. The zero-order chi connectivity index (χ0) is 14.7. The fraction of sp³-hybridized carbons (Fsp3) is 0.286. The first-order valence-corrected chi connectivity index (χ1v) is 7.00. The van der Waals surface area contributed by atoms with Gasteiger partial charge >= 0.3 is 5.97 Å². The van der Waals surface area contributed by atoms with Gasteiger partial charge in [-0.1, -0.05) is 6.07 Å². The van der Waals surface area contributed by atoms with Crippen LogP contribution in [0, 0.1) is 5.82 Å². The Labute approximate surface area is 119 Å². The summed E-state index contributed by atoms with van der Waals surface area (Å²) in [5, 5.41) is 2.94. The topological polar surface area (TPSA) is 55.4 Å². The number of amides is 1. The average Bonchev–Trinajstić information content (AvgIpc) is 2.84. The van der Waals surface area contributed by atoms with E-state index in [1.54, 1.807) is 26.0 Å². The second-order valence-corrected chi connectivity index (χ2v) is 5.29. The zero-order valence-corrected chi connectivity index (χ0v) is 11.9. The molecule has 0 bridgehead atoms. The summed E-state index contributed by atoms with van der Waals surface area (Å²) < 4.78 is 19.1. The van der Waals surface area contributed by atoms with Crippen molar-refractivity contribution in [1.29, 1.82) is 0 Å². The van der Waals surface area contributed by atoms with Crippen LogP contribution < -0.4 is 5.32 Å². The summed E-state index contributed by atoms with van der Waals surface area (Å²) in [7, 11) is 0. The highest BCUT2D eigenvalue weighted by molar-refractivity contribution is 7.20. The normalized spacial score (nSPS) is 12.2. The van der Waals surface area contributed by atoms with Crippen molar-refractivity contribution >= 4 is 33.3 Å². The largest absolute Gasteiger partial charge is 0.464 e. The molecule has 1 atom stereocenters. The van der Waals surface area contributed by atoms with Crippen molar-refractivity contribution in [2.45, 2.75) is 19.9 Å². The van der Waals surface area contributed by atoms with Crippen molar-refractivity contribution in [2.24, 2.45) is 0 Å². The number of benzene rings is 1. The second kappa shape index (κ2) is 6.00. The summed E-state index contributed by atoms with van der Waals surface area (Å²) in [6, 6.07) is 5.43. The van der Waals surface area contributed by atoms with Crippen molar-refractivity contribution in [3.63, 3.8) is 0 Å². The Morgan fingerprint density at radius 3 is 2.85 bits per heavy atom. The van der Waals surface area contributed by atoms with E-state index in [1.807, 2.05) is 0 Å². The molecule has 1 aromatic heterocycles. The molecule has 2 aromatic rings. The molecule has 20 heavy (non-hydrogen) atoms. The molecule has 0 aliphatic rings. The molecule has 1 N–H and O–H groups in total. The predicted molar refractivity (Wildman–Crippen MR) is 75.3 cm³/mol. The zero-order valence-electron chi connectivity index (χ0n) is 11.1. The van der Waals surface area contributed by atoms with Gasteiger partial charge < -0.3 is 10.1 Å². The van der Waals surface area contributed by atoms with Crippen LogP contribution >= 0.6 is 11.3 Å². The Kier molecular flexibility index (Phi) is 4.34. The Morgan fingerprint density at radius 2 is 2.20 bits per heavy atom. The molecular formula is C14H14FNO3S. The third-order valence-corrected chi connectivity index (χ3v) is 3.82. The molecule has 1 unspecified atom stereocenters. The number of hydrogen-bond acceptors (Lipinski definition) is 4. The molecule has 1 amide bonds. The number of ether oxygens (including phenoxy) is 1. The predicted octanol–water partition coefficient (Wildman–Crippen LogP) is 2.72. The first kappa shape index (κ1) is 14.5. The lowest BCUT2D eigenvalue weighted by molar-refractivity contribution is -0.144. The van der Waals surface area contributed by atoms with Crippen LogP contribution in [0.15, 0.2) is 24.3 Å². The van der Waals surface area contributed by atoms with Crippen molar-refractivity contribution in [1.82, 2.24) is 5.32 Å². The van der Waals surface area contributed by atoms with Crippen molar-refractivity contribution in [3.05, 3.63) is 35.0 Å². The van der Waals surface area contributed by atoms with E-state index < -0.39 is 17.9 Å². The number of rotatable bonds is 4. The molecule has 0 saturated heterocycles. The van der Waals surface area contributed by atoms with Crippen LogP contribution in [0.1, 0.15) is 23.5 Å². The van der Waals surface area contributed by atoms with Gasteiger partial charge in [0.2, 0.25) is 0 Å². The maximum absolute atomic E-state index is 13.6. The molecule has 4 nitrogen and oxygen atoms in total. The van der Waals surface area contributed by atoms with Gasteiger partial charge in [-0.3, -0.25) is 4.79 Å². The van der Waals surface area contributed by atoms with Crippen LogP contribution in [0.4, 0.5) is 4.39 Å². The highest BCUT2D eigenvalue weighted by Gasteiger charge is 2.19. The Morgan fingerprint density at radius 1 is 1.45 bits per heavy atom. The highest BCUT2D eigenvalue weighted by Crippen LogP contribution is 2.27. The minimum atomic E-state index is -0.738. The second-order valence-electron chi connectivity index (χ2n) is 4.21. The molecule has 2 rings (SSSR count). The molecule has 6 heteroatoms. The van der Waals surface area contributed by atoms with Crippen LogP contribution in [0.25, 0.3) is 10.1 Å². The number of hydrogen-bond donors (Lipinski definition) is 1. The van der Waals surface area contributed by atoms with Crippen LogP contribution in [-0.2, 0) is 9.53 Å². The third kappa shape index (κ3) is 2.96. The van der Waals surface area contributed by atoms with Gasteiger partial charge in [0, 0.05) is 10.1 Å². The van der Waals surface area contributed by atoms with Crippen LogP contribution in [0.5, 0.6) is 0 Å². The van der Waals surface area contributed by atoms with Gasteiger partial charge in [0.05, 0.1) is 11.5 Å². The van der Waals surface area contributed by atoms with Crippen molar-refractivity contribution in [2.75, 3.05) is 6.61 Å².